The summed E-state index contributed by atoms with van der Waals surface area (Å²) in [5.41, 5.74) is 2.75. The fourth-order valence-electron chi connectivity index (χ4n) is 1.59. The number of carbonyl (C=O) groups excluding carboxylic acids is 1. The Kier molecular flexibility index (Phi) is 4.49. The van der Waals surface area contributed by atoms with E-state index in [0.29, 0.717) is 12.8 Å². The van der Waals surface area contributed by atoms with Crippen LogP contribution in [-0.4, -0.2) is 33.9 Å². The predicted molar refractivity (Wildman–Crippen MR) is 61.1 cm³/mol. The molecule has 1 atom stereocenters. The molecular weight excluding hydrogens is 206 g/mol. The number of H-pyrrole nitrogens is 1. The normalized spacial score (nSPS) is 12.5. The van der Waals surface area contributed by atoms with E-state index >= 15 is 0 Å². The average Bonchev–Trinajstić information content (AvgIpc) is 2.49. The molecule has 1 aromatic rings. The Hall–Kier alpha value is -1.36. The standard InChI is InChI=1S/C11H19N3O2/c1-7(4-5-15)12-11(16)6-10-8(2)13-14-9(10)3/h7,15H,4-6H2,1-3H3,(H,12,16)(H,13,14). The molecule has 0 saturated heterocycles. The maximum atomic E-state index is 11.7. The summed E-state index contributed by atoms with van der Waals surface area (Å²) in [6, 6.07) is 0.00464. The van der Waals surface area contributed by atoms with Gasteiger partial charge < -0.3 is 10.4 Å². The Morgan fingerprint density at radius 2 is 2.25 bits per heavy atom. The van der Waals surface area contributed by atoms with E-state index in [9.17, 15) is 4.79 Å². The van der Waals surface area contributed by atoms with Crippen LogP contribution >= 0.6 is 0 Å². The van der Waals surface area contributed by atoms with Crippen molar-refractivity contribution in [3.8, 4) is 0 Å². The molecule has 16 heavy (non-hydrogen) atoms. The van der Waals surface area contributed by atoms with E-state index < -0.39 is 0 Å². The van der Waals surface area contributed by atoms with Crippen LogP contribution in [0.4, 0.5) is 0 Å². The molecule has 0 aromatic carbocycles. The van der Waals surface area contributed by atoms with E-state index in [2.05, 4.69) is 15.5 Å². The zero-order chi connectivity index (χ0) is 12.1. The second kappa shape index (κ2) is 5.65. The lowest BCUT2D eigenvalue weighted by molar-refractivity contribution is -0.121. The van der Waals surface area contributed by atoms with Gasteiger partial charge in [-0.2, -0.15) is 5.10 Å². The summed E-state index contributed by atoms with van der Waals surface area (Å²) in [5.74, 6) is -0.0337. The minimum atomic E-state index is -0.0337. The van der Waals surface area contributed by atoms with Gasteiger partial charge in [0.15, 0.2) is 0 Å². The van der Waals surface area contributed by atoms with Crippen molar-refractivity contribution in [3.05, 3.63) is 17.0 Å². The quantitative estimate of drug-likeness (QED) is 0.681. The van der Waals surface area contributed by atoms with Gasteiger partial charge in [-0.25, -0.2) is 0 Å². The van der Waals surface area contributed by atoms with E-state index in [0.717, 1.165) is 17.0 Å². The summed E-state index contributed by atoms with van der Waals surface area (Å²) in [6.45, 7) is 5.75. The number of amides is 1. The van der Waals surface area contributed by atoms with Gasteiger partial charge in [0.1, 0.15) is 0 Å². The summed E-state index contributed by atoms with van der Waals surface area (Å²) in [5, 5.41) is 18.5. The first-order valence-corrected chi connectivity index (χ1v) is 5.45. The molecule has 0 saturated carbocycles. The molecule has 5 nitrogen and oxygen atoms in total. The molecule has 3 N–H and O–H groups in total. The molecule has 90 valence electrons. The van der Waals surface area contributed by atoms with Gasteiger partial charge in [-0.05, 0) is 27.2 Å². The highest BCUT2D eigenvalue weighted by molar-refractivity contribution is 5.79. The Morgan fingerprint density at radius 3 is 2.75 bits per heavy atom. The summed E-state index contributed by atoms with van der Waals surface area (Å²) in [6.07, 6.45) is 0.916. The maximum absolute atomic E-state index is 11.7. The Morgan fingerprint density at radius 1 is 1.56 bits per heavy atom. The van der Waals surface area contributed by atoms with Gasteiger partial charge in [0.25, 0.3) is 0 Å². The lowest BCUT2D eigenvalue weighted by Gasteiger charge is -2.12. The van der Waals surface area contributed by atoms with Crippen molar-refractivity contribution in [1.29, 1.82) is 0 Å². The average molecular weight is 225 g/mol. The van der Waals surface area contributed by atoms with E-state index in [-0.39, 0.29) is 18.6 Å². The van der Waals surface area contributed by atoms with Crippen molar-refractivity contribution in [2.45, 2.75) is 39.7 Å². The lowest BCUT2D eigenvalue weighted by Crippen LogP contribution is -2.34. The Bertz CT molecular complexity index is 341. The fraction of sp³-hybridized carbons (Fsp3) is 0.636. The molecule has 0 aliphatic carbocycles. The summed E-state index contributed by atoms with van der Waals surface area (Å²) >= 11 is 0. The van der Waals surface area contributed by atoms with Gasteiger partial charge in [-0.3, -0.25) is 9.89 Å². The van der Waals surface area contributed by atoms with Gasteiger partial charge in [0.2, 0.25) is 5.91 Å². The number of hydrogen-bond donors (Lipinski definition) is 3. The third-order valence-corrected chi connectivity index (χ3v) is 2.59. The number of carbonyl (C=O) groups is 1. The number of aliphatic hydroxyl groups is 1. The van der Waals surface area contributed by atoms with Crippen LogP contribution in [0.1, 0.15) is 30.3 Å². The van der Waals surface area contributed by atoms with Crippen LogP contribution < -0.4 is 5.32 Å². The molecule has 0 fully saturated rings. The van der Waals surface area contributed by atoms with E-state index in [1.54, 1.807) is 0 Å². The van der Waals surface area contributed by atoms with Gasteiger partial charge in [0.05, 0.1) is 12.1 Å². The molecular formula is C11H19N3O2. The number of aromatic amines is 1. The van der Waals surface area contributed by atoms with Crippen molar-refractivity contribution >= 4 is 5.91 Å². The van der Waals surface area contributed by atoms with Crippen molar-refractivity contribution in [1.82, 2.24) is 15.5 Å². The Labute approximate surface area is 95.3 Å². The highest BCUT2D eigenvalue weighted by atomic mass is 16.3. The first-order chi connectivity index (χ1) is 7.54. The molecule has 1 heterocycles. The number of aliphatic hydroxyl groups excluding tert-OH is 1. The number of aromatic nitrogens is 2. The molecule has 1 amide bonds. The zero-order valence-electron chi connectivity index (χ0n) is 10.0. The molecule has 0 aliphatic rings. The summed E-state index contributed by atoms with van der Waals surface area (Å²) in [7, 11) is 0. The van der Waals surface area contributed by atoms with Gasteiger partial charge in [0, 0.05) is 23.9 Å². The monoisotopic (exact) mass is 225 g/mol. The maximum Gasteiger partial charge on any atom is 0.224 e. The molecule has 5 heteroatoms. The number of nitrogens with zero attached hydrogens (tertiary/aromatic N) is 1. The molecule has 1 rings (SSSR count). The molecule has 0 bridgehead atoms. The topological polar surface area (TPSA) is 78.0 Å². The SMILES string of the molecule is Cc1n[nH]c(C)c1CC(=O)NC(C)CCO. The lowest BCUT2D eigenvalue weighted by atomic mass is 10.1. The number of nitrogens with one attached hydrogen (secondary N) is 2. The third-order valence-electron chi connectivity index (χ3n) is 2.59. The first kappa shape index (κ1) is 12.7. The van der Waals surface area contributed by atoms with Gasteiger partial charge in [-0.15, -0.1) is 0 Å². The highest BCUT2D eigenvalue weighted by Crippen LogP contribution is 2.09. The minimum Gasteiger partial charge on any atom is -0.396 e. The fourth-order valence-corrected chi connectivity index (χ4v) is 1.59. The number of hydrogen-bond acceptors (Lipinski definition) is 3. The zero-order valence-corrected chi connectivity index (χ0v) is 10.0. The molecule has 1 unspecified atom stereocenters. The van der Waals surface area contributed by atoms with Gasteiger partial charge >= 0.3 is 0 Å². The first-order valence-electron chi connectivity index (χ1n) is 5.45. The smallest absolute Gasteiger partial charge is 0.224 e. The van der Waals surface area contributed by atoms with Gasteiger partial charge in [-0.1, -0.05) is 0 Å². The van der Waals surface area contributed by atoms with Crippen LogP contribution in [0.5, 0.6) is 0 Å². The molecule has 1 aromatic heterocycles. The number of rotatable bonds is 5. The highest BCUT2D eigenvalue weighted by Gasteiger charge is 2.12. The Balaban J connectivity index is 2.52. The van der Waals surface area contributed by atoms with Crippen LogP contribution in [0.3, 0.4) is 0 Å². The molecule has 0 radical (unpaired) electrons. The summed E-state index contributed by atoms with van der Waals surface area (Å²) < 4.78 is 0. The molecule has 0 spiro atoms. The minimum absolute atomic E-state index is 0.00464. The van der Waals surface area contributed by atoms with Crippen molar-refractivity contribution in [2.75, 3.05) is 6.61 Å². The molecule has 0 aliphatic heterocycles. The van der Waals surface area contributed by atoms with Crippen LogP contribution in [0.2, 0.25) is 0 Å². The van der Waals surface area contributed by atoms with E-state index in [4.69, 9.17) is 5.11 Å². The third kappa shape index (κ3) is 3.34. The van der Waals surface area contributed by atoms with Crippen molar-refractivity contribution in [3.63, 3.8) is 0 Å². The number of aryl methyl sites for hydroxylation is 2. The van der Waals surface area contributed by atoms with E-state index in [1.165, 1.54) is 0 Å². The van der Waals surface area contributed by atoms with Crippen molar-refractivity contribution < 1.29 is 9.90 Å². The van der Waals surface area contributed by atoms with Crippen molar-refractivity contribution in [2.24, 2.45) is 0 Å². The largest absolute Gasteiger partial charge is 0.396 e. The van der Waals surface area contributed by atoms with Crippen LogP contribution in [-0.2, 0) is 11.2 Å². The second-order valence-corrected chi connectivity index (χ2v) is 4.07. The predicted octanol–water partition coefficient (Wildman–Crippen LogP) is 0.456. The van der Waals surface area contributed by atoms with Crippen LogP contribution in [0.25, 0.3) is 0 Å². The van der Waals surface area contributed by atoms with Crippen LogP contribution in [0.15, 0.2) is 0 Å². The van der Waals surface area contributed by atoms with Crippen LogP contribution in [0, 0.1) is 13.8 Å². The van der Waals surface area contributed by atoms with E-state index in [1.807, 2.05) is 20.8 Å². The summed E-state index contributed by atoms with van der Waals surface area (Å²) in [4.78, 5) is 11.7. The second-order valence-electron chi connectivity index (χ2n) is 4.07.